The number of ketones is 1. The van der Waals surface area contributed by atoms with Gasteiger partial charge in [-0.3, -0.25) is 9.63 Å². The van der Waals surface area contributed by atoms with Gasteiger partial charge in [0.15, 0.2) is 5.78 Å². The number of likely N-dealkylation sites (N-methyl/N-ethyl adjacent to an activating group) is 1. The number of likely N-dealkylation sites (tertiary alicyclic amines) is 1. The average molecular weight is 515 g/mol. The van der Waals surface area contributed by atoms with Crippen LogP contribution in [0.5, 0.6) is 0 Å². The molecule has 2 saturated heterocycles. The summed E-state index contributed by atoms with van der Waals surface area (Å²) in [6.07, 6.45) is 1.61. The number of hydrogen-bond donors (Lipinski definition) is 0. The number of carbonyl (C=O) groups excluding carboxylic acids is 1. The molecule has 6 rings (SSSR count). The second kappa shape index (κ2) is 10.3. The van der Waals surface area contributed by atoms with Crippen molar-refractivity contribution in [1.29, 1.82) is 0 Å². The molecule has 4 heteroatoms. The summed E-state index contributed by atoms with van der Waals surface area (Å²) in [6, 6.07) is 37.0. The Balaban J connectivity index is 1.57. The van der Waals surface area contributed by atoms with E-state index in [-0.39, 0.29) is 11.8 Å². The van der Waals surface area contributed by atoms with Crippen LogP contribution in [0.2, 0.25) is 0 Å². The van der Waals surface area contributed by atoms with Crippen molar-refractivity contribution >= 4 is 17.5 Å². The van der Waals surface area contributed by atoms with E-state index in [1.165, 1.54) is 11.1 Å². The number of rotatable bonds is 4. The second-order valence-corrected chi connectivity index (χ2v) is 11.0. The molecule has 0 aliphatic carbocycles. The monoisotopic (exact) mass is 514 g/mol. The first-order valence-corrected chi connectivity index (χ1v) is 13.6. The molecule has 0 amide bonds. The highest BCUT2D eigenvalue weighted by Gasteiger charge is 2.63. The van der Waals surface area contributed by atoms with E-state index < -0.39 is 11.5 Å². The number of benzene rings is 4. The fourth-order valence-electron chi connectivity index (χ4n) is 6.20. The van der Waals surface area contributed by atoms with Gasteiger partial charge >= 0.3 is 0 Å². The number of para-hydroxylation sites is 1. The van der Waals surface area contributed by atoms with Crippen LogP contribution in [0.4, 0.5) is 5.69 Å². The summed E-state index contributed by atoms with van der Waals surface area (Å²) in [5.74, 6) is 0.152. The third-order valence-electron chi connectivity index (χ3n) is 8.02. The van der Waals surface area contributed by atoms with E-state index in [0.717, 1.165) is 28.0 Å². The van der Waals surface area contributed by atoms with Crippen LogP contribution in [0.25, 0.3) is 6.08 Å². The van der Waals surface area contributed by atoms with Gasteiger partial charge in [0.2, 0.25) is 0 Å². The van der Waals surface area contributed by atoms with Crippen molar-refractivity contribution in [1.82, 2.24) is 4.90 Å². The first kappa shape index (κ1) is 25.3. The Morgan fingerprint density at radius 1 is 0.769 bits per heavy atom. The van der Waals surface area contributed by atoms with Gasteiger partial charge in [0, 0.05) is 18.7 Å². The van der Waals surface area contributed by atoms with Crippen molar-refractivity contribution in [3.05, 3.63) is 143 Å². The summed E-state index contributed by atoms with van der Waals surface area (Å²) in [6.45, 7) is 5.34. The molecule has 1 spiro atoms. The van der Waals surface area contributed by atoms with E-state index in [9.17, 15) is 4.79 Å². The van der Waals surface area contributed by atoms with Crippen LogP contribution in [0.1, 0.15) is 40.0 Å². The van der Waals surface area contributed by atoms with Crippen LogP contribution in [0, 0.1) is 19.3 Å². The van der Waals surface area contributed by atoms with Crippen LogP contribution >= 0.6 is 0 Å². The first-order chi connectivity index (χ1) is 19.0. The predicted octanol–water partition coefficient (Wildman–Crippen LogP) is 7.12. The van der Waals surface area contributed by atoms with Gasteiger partial charge in [-0.05, 0) is 55.8 Å². The summed E-state index contributed by atoms with van der Waals surface area (Å²) in [7, 11) is 2.11. The normalized spacial score (nSPS) is 24.5. The molecule has 4 nitrogen and oxygen atoms in total. The zero-order chi connectivity index (χ0) is 27.0. The van der Waals surface area contributed by atoms with Gasteiger partial charge in [-0.25, -0.2) is 5.06 Å². The lowest BCUT2D eigenvalue weighted by Crippen LogP contribution is -2.54. The average Bonchev–Trinajstić information content (AvgIpc) is 3.29. The van der Waals surface area contributed by atoms with E-state index in [2.05, 4.69) is 105 Å². The van der Waals surface area contributed by atoms with Crippen molar-refractivity contribution in [3.63, 3.8) is 0 Å². The van der Waals surface area contributed by atoms with Gasteiger partial charge in [0.25, 0.3) is 0 Å². The summed E-state index contributed by atoms with van der Waals surface area (Å²) in [4.78, 5) is 24.2. The van der Waals surface area contributed by atoms with Gasteiger partial charge in [-0.15, -0.1) is 0 Å². The Kier molecular flexibility index (Phi) is 6.68. The van der Waals surface area contributed by atoms with E-state index in [1.54, 1.807) is 0 Å². The molecule has 3 atom stereocenters. The zero-order valence-electron chi connectivity index (χ0n) is 22.7. The summed E-state index contributed by atoms with van der Waals surface area (Å²) < 4.78 is 0. The summed E-state index contributed by atoms with van der Waals surface area (Å²) in [5.41, 5.74) is 6.37. The molecule has 2 aliphatic rings. The minimum absolute atomic E-state index is 0.152. The molecule has 4 aromatic carbocycles. The molecule has 0 aromatic heterocycles. The van der Waals surface area contributed by atoms with Crippen molar-refractivity contribution in [3.8, 4) is 0 Å². The van der Waals surface area contributed by atoms with Gasteiger partial charge < -0.3 is 4.90 Å². The number of hydrogen-bond acceptors (Lipinski definition) is 4. The van der Waals surface area contributed by atoms with Gasteiger partial charge in [0.05, 0.1) is 11.7 Å². The van der Waals surface area contributed by atoms with Gasteiger partial charge in [0.1, 0.15) is 11.5 Å². The number of nitrogens with zero attached hydrogens (tertiary/aromatic N) is 2. The topological polar surface area (TPSA) is 32.8 Å². The number of anilines is 1. The van der Waals surface area contributed by atoms with E-state index in [0.29, 0.717) is 13.1 Å². The molecule has 196 valence electrons. The Bertz CT molecular complexity index is 1480. The minimum atomic E-state index is -0.865. The van der Waals surface area contributed by atoms with E-state index >= 15 is 0 Å². The van der Waals surface area contributed by atoms with Gasteiger partial charge in [-0.2, -0.15) is 0 Å². The summed E-state index contributed by atoms with van der Waals surface area (Å²) >= 11 is 0. The molecule has 2 fully saturated rings. The molecule has 0 bridgehead atoms. The molecule has 0 N–H and O–H groups in total. The van der Waals surface area contributed by atoms with Crippen molar-refractivity contribution in [2.45, 2.75) is 26.0 Å². The first-order valence-electron chi connectivity index (χ1n) is 13.6. The number of carbonyl (C=O) groups is 1. The number of piperidine rings is 1. The van der Waals surface area contributed by atoms with Crippen molar-refractivity contribution in [2.75, 3.05) is 25.2 Å². The van der Waals surface area contributed by atoms with Crippen LogP contribution < -0.4 is 5.06 Å². The van der Waals surface area contributed by atoms with E-state index in [1.807, 2.05) is 41.5 Å². The minimum Gasteiger partial charge on any atom is -0.301 e. The maximum absolute atomic E-state index is 15.0. The molecule has 39 heavy (non-hydrogen) atoms. The molecule has 2 aliphatic heterocycles. The highest BCUT2D eigenvalue weighted by molar-refractivity contribution is 6.06. The quantitative estimate of drug-likeness (QED) is 0.272. The largest absolute Gasteiger partial charge is 0.301 e. The molecule has 4 aromatic rings. The highest BCUT2D eigenvalue weighted by atomic mass is 16.7. The van der Waals surface area contributed by atoms with Crippen LogP contribution in [0.3, 0.4) is 0 Å². The lowest BCUT2D eigenvalue weighted by Gasteiger charge is -2.44. The molecule has 1 unspecified atom stereocenters. The molecule has 0 radical (unpaired) electrons. The molecular formula is C35H34N2O2. The van der Waals surface area contributed by atoms with Crippen LogP contribution in [-0.4, -0.2) is 30.8 Å². The zero-order valence-corrected chi connectivity index (χ0v) is 22.7. The number of aryl methyl sites for hydroxylation is 2. The van der Waals surface area contributed by atoms with E-state index in [4.69, 9.17) is 4.84 Å². The molecular weight excluding hydrogens is 480 g/mol. The Morgan fingerprint density at radius 2 is 1.36 bits per heavy atom. The van der Waals surface area contributed by atoms with Crippen molar-refractivity contribution in [2.24, 2.45) is 5.41 Å². The molecule has 2 heterocycles. The number of Topliss-reactive ketones (excluding diaryl/α,β-unsaturated/α-hetero) is 1. The second-order valence-electron chi connectivity index (χ2n) is 11.0. The standard InChI is InChI=1S/C35H34N2O2/c1-25-14-18-27(19-15-25)22-30-23-36(3)24-35(33(30)38)32(28-10-6-4-7-11-28)37(31-12-8-5-9-13-31)39-34(35)29-20-16-26(2)17-21-29/h4-22,32,34H,23-24H2,1-3H3/b30-22+/t32-,34-,35?/m1/s1. The van der Waals surface area contributed by atoms with Gasteiger partial charge in [-0.1, -0.05) is 108 Å². The maximum atomic E-state index is 15.0. The smallest absolute Gasteiger partial charge is 0.173 e. The summed E-state index contributed by atoms with van der Waals surface area (Å²) in [5, 5.41) is 1.99. The van der Waals surface area contributed by atoms with Crippen LogP contribution in [-0.2, 0) is 9.63 Å². The predicted molar refractivity (Wildman–Crippen MR) is 157 cm³/mol. The van der Waals surface area contributed by atoms with Crippen molar-refractivity contribution < 1.29 is 9.63 Å². The van der Waals surface area contributed by atoms with Crippen LogP contribution in [0.15, 0.2) is 115 Å². The Labute approximate surface area is 231 Å². The molecule has 0 saturated carbocycles. The third-order valence-corrected chi connectivity index (χ3v) is 8.02. The lowest BCUT2D eigenvalue weighted by molar-refractivity contribution is -0.133. The fraction of sp³-hybridized carbons (Fsp3) is 0.229. The Hall–Kier alpha value is -3.99. The highest BCUT2D eigenvalue weighted by Crippen LogP contribution is 2.59. The number of hydroxylamine groups is 1. The maximum Gasteiger partial charge on any atom is 0.173 e. The lowest BCUT2D eigenvalue weighted by atomic mass is 9.64. The fourth-order valence-corrected chi connectivity index (χ4v) is 6.20. The third kappa shape index (κ3) is 4.60. The Morgan fingerprint density at radius 3 is 2.00 bits per heavy atom. The SMILES string of the molecule is Cc1ccc(/C=C2\CN(C)CC3(C2=O)[C@@H](c2ccc(C)cc2)ON(c2ccccc2)[C@@H]3c2ccccc2)cc1.